The molecular formula is C7H4Br2N4O2. The summed E-state index contributed by atoms with van der Waals surface area (Å²) in [6.07, 6.45) is 0. The maximum absolute atomic E-state index is 10.7. The van der Waals surface area contributed by atoms with Crippen molar-refractivity contribution >= 4 is 43.2 Å². The fourth-order valence-corrected chi connectivity index (χ4v) is 2.69. The zero-order valence-electron chi connectivity index (χ0n) is 7.44. The highest BCUT2D eigenvalue weighted by Gasteiger charge is 2.20. The number of azide groups is 1. The largest absolute Gasteiger partial charge is 0.286 e. The molecule has 0 aliphatic carbocycles. The summed E-state index contributed by atoms with van der Waals surface area (Å²) >= 11 is 6.24. The predicted molar refractivity (Wildman–Crippen MR) is 62.0 cm³/mol. The molecule has 0 heterocycles. The van der Waals surface area contributed by atoms with Gasteiger partial charge in [-0.05, 0) is 34.5 Å². The van der Waals surface area contributed by atoms with Crippen molar-refractivity contribution in [2.24, 2.45) is 5.11 Å². The Bertz CT molecular complexity index is 456. The zero-order chi connectivity index (χ0) is 11.6. The van der Waals surface area contributed by atoms with E-state index in [4.69, 9.17) is 5.53 Å². The number of hydrogen-bond donors (Lipinski definition) is 0. The number of halogens is 2. The van der Waals surface area contributed by atoms with E-state index in [1.165, 1.54) is 13.0 Å². The molecule has 78 valence electrons. The Labute approximate surface area is 101 Å². The first-order valence-electron chi connectivity index (χ1n) is 3.67. The van der Waals surface area contributed by atoms with E-state index in [-0.39, 0.29) is 11.4 Å². The molecular weight excluding hydrogens is 332 g/mol. The van der Waals surface area contributed by atoms with Gasteiger partial charge in [-0.1, -0.05) is 21.0 Å². The van der Waals surface area contributed by atoms with Gasteiger partial charge in [0.2, 0.25) is 0 Å². The Morgan fingerprint density at radius 3 is 2.60 bits per heavy atom. The van der Waals surface area contributed by atoms with Crippen LogP contribution >= 0.6 is 31.9 Å². The summed E-state index contributed by atoms with van der Waals surface area (Å²) in [5.74, 6) is 0. The summed E-state index contributed by atoms with van der Waals surface area (Å²) < 4.78 is 0.851. The summed E-state index contributed by atoms with van der Waals surface area (Å²) in [4.78, 5) is 12.8. The second kappa shape index (κ2) is 4.61. The van der Waals surface area contributed by atoms with Crippen molar-refractivity contribution in [1.82, 2.24) is 0 Å². The van der Waals surface area contributed by atoms with E-state index in [0.29, 0.717) is 14.5 Å². The van der Waals surface area contributed by atoms with Crippen LogP contribution in [0.5, 0.6) is 0 Å². The van der Waals surface area contributed by atoms with E-state index in [0.717, 1.165) is 0 Å². The molecule has 0 saturated heterocycles. The standard InChI is InChI=1S/C7H4Br2N4O2/c1-3-6(11-12-10)4(8)2-5(9)7(3)13(14)15/h2H,1H3. The lowest BCUT2D eigenvalue weighted by Crippen LogP contribution is -1.93. The average molecular weight is 336 g/mol. The van der Waals surface area contributed by atoms with Gasteiger partial charge in [-0.25, -0.2) is 0 Å². The fraction of sp³-hybridized carbons (Fsp3) is 0.143. The van der Waals surface area contributed by atoms with Gasteiger partial charge in [0.1, 0.15) is 0 Å². The molecule has 0 saturated carbocycles. The first kappa shape index (κ1) is 12.0. The third-order valence-electron chi connectivity index (χ3n) is 1.74. The first-order chi connectivity index (χ1) is 6.99. The van der Waals surface area contributed by atoms with Crippen LogP contribution in [0.25, 0.3) is 10.4 Å². The van der Waals surface area contributed by atoms with Crippen molar-refractivity contribution in [3.63, 3.8) is 0 Å². The molecule has 0 fully saturated rings. The molecule has 0 aliphatic heterocycles. The Kier molecular flexibility index (Phi) is 3.67. The number of nitrogens with zero attached hydrogens (tertiary/aromatic N) is 4. The summed E-state index contributed by atoms with van der Waals surface area (Å²) in [6.45, 7) is 1.53. The van der Waals surface area contributed by atoms with Crippen LogP contribution in [0.15, 0.2) is 20.1 Å². The lowest BCUT2D eigenvalue weighted by Gasteiger charge is -2.05. The number of benzene rings is 1. The van der Waals surface area contributed by atoms with E-state index in [1.807, 2.05) is 0 Å². The molecule has 0 amide bonds. The molecule has 0 spiro atoms. The average Bonchev–Trinajstić information content (AvgIpc) is 2.11. The number of rotatable bonds is 2. The van der Waals surface area contributed by atoms with Crippen LogP contribution in [0, 0.1) is 17.0 Å². The van der Waals surface area contributed by atoms with Crippen molar-refractivity contribution in [1.29, 1.82) is 0 Å². The molecule has 1 aromatic rings. The molecule has 0 aliphatic rings. The Morgan fingerprint density at radius 1 is 1.53 bits per heavy atom. The van der Waals surface area contributed by atoms with Crippen LogP contribution in [-0.2, 0) is 0 Å². The maximum Gasteiger partial charge on any atom is 0.286 e. The van der Waals surface area contributed by atoms with Gasteiger partial charge in [0, 0.05) is 14.9 Å². The van der Waals surface area contributed by atoms with Crippen LogP contribution in [0.1, 0.15) is 5.56 Å². The number of nitro groups is 1. The summed E-state index contributed by atoms with van der Waals surface area (Å²) in [5, 5.41) is 14.1. The molecule has 1 aromatic carbocycles. The number of hydrogen-bond acceptors (Lipinski definition) is 3. The summed E-state index contributed by atoms with van der Waals surface area (Å²) in [5.41, 5.74) is 8.77. The normalized spacial score (nSPS) is 9.53. The second-order valence-corrected chi connectivity index (χ2v) is 4.32. The Balaban J connectivity index is 3.63. The summed E-state index contributed by atoms with van der Waals surface area (Å²) in [7, 11) is 0. The fourth-order valence-electron chi connectivity index (χ4n) is 1.11. The van der Waals surface area contributed by atoms with Crippen LogP contribution in [0.3, 0.4) is 0 Å². The minimum atomic E-state index is -0.526. The maximum atomic E-state index is 10.7. The highest BCUT2D eigenvalue weighted by atomic mass is 79.9. The Hall–Kier alpha value is -1.11. The van der Waals surface area contributed by atoms with Gasteiger partial charge in [0.15, 0.2) is 0 Å². The molecule has 0 N–H and O–H groups in total. The minimum absolute atomic E-state index is 0.0967. The lowest BCUT2D eigenvalue weighted by atomic mass is 10.1. The first-order valence-corrected chi connectivity index (χ1v) is 5.25. The minimum Gasteiger partial charge on any atom is -0.258 e. The molecule has 0 atom stereocenters. The SMILES string of the molecule is Cc1c(N=[N+]=[N-])c(Br)cc(Br)c1[N+](=O)[O-]. The number of nitro benzene ring substituents is 1. The van der Waals surface area contributed by atoms with Crippen molar-refractivity contribution in [3.8, 4) is 0 Å². The van der Waals surface area contributed by atoms with Crippen LogP contribution in [0.4, 0.5) is 11.4 Å². The monoisotopic (exact) mass is 334 g/mol. The van der Waals surface area contributed by atoms with E-state index < -0.39 is 4.92 Å². The van der Waals surface area contributed by atoms with Crippen LogP contribution < -0.4 is 0 Å². The van der Waals surface area contributed by atoms with Crippen molar-refractivity contribution in [3.05, 3.63) is 41.1 Å². The van der Waals surface area contributed by atoms with Crippen LogP contribution in [0.2, 0.25) is 0 Å². The van der Waals surface area contributed by atoms with Gasteiger partial charge in [0.05, 0.1) is 15.1 Å². The smallest absolute Gasteiger partial charge is 0.258 e. The molecule has 0 unspecified atom stereocenters. The van der Waals surface area contributed by atoms with Gasteiger partial charge in [-0.2, -0.15) is 0 Å². The van der Waals surface area contributed by atoms with Gasteiger partial charge < -0.3 is 0 Å². The molecule has 0 aromatic heterocycles. The predicted octanol–water partition coefficient (Wildman–Crippen LogP) is 4.37. The summed E-state index contributed by atoms with van der Waals surface area (Å²) in [6, 6.07) is 1.48. The van der Waals surface area contributed by atoms with Crippen molar-refractivity contribution < 1.29 is 4.92 Å². The topological polar surface area (TPSA) is 91.9 Å². The molecule has 8 heteroatoms. The van der Waals surface area contributed by atoms with Crippen molar-refractivity contribution in [2.75, 3.05) is 0 Å². The van der Waals surface area contributed by atoms with E-state index in [2.05, 4.69) is 41.9 Å². The molecule has 6 nitrogen and oxygen atoms in total. The highest BCUT2D eigenvalue weighted by molar-refractivity contribution is 9.11. The Morgan fingerprint density at radius 2 is 2.13 bits per heavy atom. The van der Waals surface area contributed by atoms with E-state index in [1.54, 1.807) is 0 Å². The molecule has 1 rings (SSSR count). The zero-order valence-corrected chi connectivity index (χ0v) is 10.6. The quantitative estimate of drug-likeness (QED) is 0.264. The second-order valence-electron chi connectivity index (χ2n) is 2.61. The van der Waals surface area contributed by atoms with Gasteiger partial charge in [0.25, 0.3) is 5.69 Å². The van der Waals surface area contributed by atoms with Crippen molar-refractivity contribution in [2.45, 2.75) is 6.92 Å². The molecule has 15 heavy (non-hydrogen) atoms. The third kappa shape index (κ3) is 2.28. The highest BCUT2D eigenvalue weighted by Crippen LogP contribution is 2.40. The van der Waals surface area contributed by atoms with E-state index >= 15 is 0 Å². The molecule has 0 radical (unpaired) electrons. The van der Waals surface area contributed by atoms with Gasteiger partial charge in [-0.3, -0.25) is 10.1 Å². The lowest BCUT2D eigenvalue weighted by molar-refractivity contribution is -0.386. The third-order valence-corrected chi connectivity index (χ3v) is 2.95. The van der Waals surface area contributed by atoms with E-state index in [9.17, 15) is 10.1 Å². The molecule has 0 bridgehead atoms. The van der Waals surface area contributed by atoms with Gasteiger partial charge >= 0.3 is 0 Å². The van der Waals surface area contributed by atoms with Gasteiger partial charge in [-0.15, -0.1) is 0 Å². The van der Waals surface area contributed by atoms with Crippen LogP contribution in [-0.4, -0.2) is 4.92 Å².